The standard InChI is InChI=1S/C78H152O17P2/c1-8-10-11-12-13-14-15-16-17-18-19-20-21-26-32-39-47-54-61-77(82)94-73(65-88-75(80)59-52-45-38-31-25-23-22-24-29-35-42-49-56-69(3)4)67-92-96(84,85)90-63-72(79)64-91-97(86,87)93-68-74(66-89-76(81)60-53-46-41-34-36-43-50-57-70(5)6)95-78(83)62-55-48-40-33-28-27-30-37-44-51-58-71(7)9-2/h69-74,79H,8-68H2,1-7H3,(H,84,85)(H,86,87)/t71?,72-,73-,74-/m1/s1. The molecule has 17 nitrogen and oxygen atoms in total. The lowest BCUT2D eigenvalue weighted by atomic mass is 9.99. The summed E-state index contributed by atoms with van der Waals surface area (Å²) < 4.78 is 68.6. The molecule has 0 saturated heterocycles. The molecule has 0 bridgehead atoms. The number of ether oxygens (including phenoxy) is 4. The van der Waals surface area contributed by atoms with E-state index < -0.39 is 97.5 Å². The zero-order valence-corrected chi connectivity index (χ0v) is 65.3. The van der Waals surface area contributed by atoms with Gasteiger partial charge < -0.3 is 33.8 Å². The molecule has 19 heteroatoms. The van der Waals surface area contributed by atoms with Gasteiger partial charge in [-0.3, -0.25) is 37.3 Å². The first-order chi connectivity index (χ1) is 46.8. The van der Waals surface area contributed by atoms with Gasteiger partial charge in [-0.2, -0.15) is 0 Å². The van der Waals surface area contributed by atoms with Crippen molar-refractivity contribution in [1.82, 2.24) is 0 Å². The number of aliphatic hydroxyl groups excluding tert-OH is 1. The van der Waals surface area contributed by atoms with E-state index in [0.717, 1.165) is 108 Å². The molecule has 0 saturated carbocycles. The van der Waals surface area contributed by atoms with Crippen LogP contribution in [0.5, 0.6) is 0 Å². The second-order valence-corrected chi connectivity index (χ2v) is 32.2. The molecule has 0 aliphatic heterocycles. The number of phosphoric acid groups is 2. The maximum atomic E-state index is 13.1. The van der Waals surface area contributed by atoms with Crippen molar-refractivity contribution in [2.24, 2.45) is 17.8 Å². The van der Waals surface area contributed by atoms with Crippen LogP contribution in [0.2, 0.25) is 0 Å². The number of hydrogen-bond donors (Lipinski definition) is 3. The molecule has 6 atom stereocenters. The van der Waals surface area contributed by atoms with Crippen LogP contribution < -0.4 is 0 Å². The highest BCUT2D eigenvalue weighted by atomic mass is 31.2. The van der Waals surface area contributed by atoms with E-state index in [9.17, 15) is 43.2 Å². The van der Waals surface area contributed by atoms with Gasteiger partial charge in [0.05, 0.1) is 26.4 Å². The van der Waals surface area contributed by atoms with Crippen LogP contribution in [-0.2, 0) is 65.4 Å². The molecular weight excluding hydrogens is 1270 g/mol. The number of unbranched alkanes of at least 4 members (excludes halogenated alkanes) is 43. The van der Waals surface area contributed by atoms with Crippen LogP contribution in [0.15, 0.2) is 0 Å². The van der Waals surface area contributed by atoms with E-state index in [-0.39, 0.29) is 25.7 Å². The molecule has 0 fully saturated rings. The third-order valence-corrected chi connectivity index (χ3v) is 20.4. The minimum Gasteiger partial charge on any atom is -0.462 e. The molecule has 97 heavy (non-hydrogen) atoms. The van der Waals surface area contributed by atoms with Crippen molar-refractivity contribution in [3.05, 3.63) is 0 Å². The smallest absolute Gasteiger partial charge is 0.462 e. The lowest BCUT2D eigenvalue weighted by Crippen LogP contribution is -2.30. The number of phosphoric ester groups is 2. The highest BCUT2D eigenvalue weighted by Gasteiger charge is 2.30. The topological polar surface area (TPSA) is 237 Å². The monoisotopic (exact) mass is 1420 g/mol. The summed E-state index contributed by atoms with van der Waals surface area (Å²) in [6, 6.07) is 0. The predicted octanol–water partition coefficient (Wildman–Crippen LogP) is 23.0. The molecule has 3 N–H and O–H groups in total. The molecule has 0 aliphatic rings. The summed E-state index contributed by atoms with van der Waals surface area (Å²) in [4.78, 5) is 72.9. The van der Waals surface area contributed by atoms with Gasteiger partial charge in [-0.25, -0.2) is 9.13 Å². The Morgan fingerprint density at radius 2 is 0.526 bits per heavy atom. The second kappa shape index (κ2) is 68.5. The van der Waals surface area contributed by atoms with Gasteiger partial charge in [-0.1, -0.05) is 350 Å². The molecular formula is C78H152O17P2. The van der Waals surface area contributed by atoms with Crippen molar-refractivity contribution in [2.45, 2.75) is 420 Å². The summed E-state index contributed by atoms with van der Waals surface area (Å²) in [7, 11) is -9.92. The van der Waals surface area contributed by atoms with E-state index >= 15 is 0 Å². The Morgan fingerprint density at radius 3 is 0.784 bits per heavy atom. The van der Waals surface area contributed by atoms with Crippen molar-refractivity contribution in [3.8, 4) is 0 Å². The van der Waals surface area contributed by atoms with Crippen molar-refractivity contribution in [2.75, 3.05) is 39.6 Å². The Bertz CT molecular complexity index is 1890. The third kappa shape index (κ3) is 70.9. The molecule has 576 valence electrons. The molecule has 3 unspecified atom stereocenters. The quantitative estimate of drug-likeness (QED) is 0.0222. The van der Waals surface area contributed by atoms with E-state index in [1.54, 1.807) is 0 Å². The van der Waals surface area contributed by atoms with Crippen LogP contribution in [-0.4, -0.2) is 96.7 Å². The molecule has 0 heterocycles. The molecule has 0 aliphatic carbocycles. The summed E-state index contributed by atoms with van der Waals surface area (Å²) in [5, 5.41) is 10.6. The van der Waals surface area contributed by atoms with Gasteiger partial charge in [0.1, 0.15) is 19.3 Å². The third-order valence-electron chi connectivity index (χ3n) is 18.5. The molecule has 0 radical (unpaired) electrons. The first-order valence-electron chi connectivity index (χ1n) is 40.4. The Balaban J connectivity index is 5.25. The summed E-state index contributed by atoms with van der Waals surface area (Å²) in [5.74, 6) is 0.174. The van der Waals surface area contributed by atoms with E-state index in [2.05, 4.69) is 48.5 Å². The number of esters is 4. The average molecular weight is 1420 g/mol. The van der Waals surface area contributed by atoms with Gasteiger partial charge in [0.2, 0.25) is 0 Å². The highest BCUT2D eigenvalue weighted by molar-refractivity contribution is 7.47. The molecule has 0 aromatic rings. The van der Waals surface area contributed by atoms with Crippen LogP contribution in [0.25, 0.3) is 0 Å². The molecule has 0 amide bonds. The number of rotatable bonds is 76. The van der Waals surface area contributed by atoms with Gasteiger partial charge >= 0.3 is 39.5 Å². The van der Waals surface area contributed by atoms with E-state index in [1.807, 2.05) is 0 Å². The van der Waals surface area contributed by atoms with Gasteiger partial charge in [-0.05, 0) is 43.4 Å². The van der Waals surface area contributed by atoms with Gasteiger partial charge in [-0.15, -0.1) is 0 Å². The van der Waals surface area contributed by atoms with Crippen LogP contribution >= 0.6 is 15.6 Å². The fraction of sp³-hybridized carbons (Fsp3) is 0.949. The van der Waals surface area contributed by atoms with Gasteiger partial charge in [0.25, 0.3) is 0 Å². The fourth-order valence-electron chi connectivity index (χ4n) is 11.9. The van der Waals surface area contributed by atoms with Crippen molar-refractivity contribution in [1.29, 1.82) is 0 Å². The number of carbonyl (C=O) groups is 4. The van der Waals surface area contributed by atoms with Gasteiger partial charge in [0.15, 0.2) is 12.2 Å². The van der Waals surface area contributed by atoms with Crippen LogP contribution in [0.1, 0.15) is 402 Å². The molecule has 0 aromatic heterocycles. The minimum absolute atomic E-state index is 0.105. The predicted molar refractivity (Wildman–Crippen MR) is 395 cm³/mol. The second-order valence-electron chi connectivity index (χ2n) is 29.3. The van der Waals surface area contributed by atoms with Gasteiger partial charge in [0, 0.05) is 25.7 Å². The van der Waals surface area contributed by atoms with Crippen molar-refractivity contribution >= 4 is 39.5 Å². The van der Waals surface area contributed by atoms with Crippen molar-refractivity contribution < 1.29 is 80.2 Å². The molecule has 0 spiro atoms. The lowest BCUT2D eigenvalue weighted by Gasteiger charge is -2.21. The Morgan fingerprint density at radius 1 is 0.299 bits per heavy atom. The highest BCUT2D eigenvalue weighted by Crippen LogP contribution is 2.45. The SMILES string of the molecule is CCCCCCCCCCCCCCCCCCCCC(=O)O[C@H](COC(=O)CCCCCCCCCCCCCCC(C)C)COP(=O)(O)OC[C@@H](O)COP(=O)(O)OC[C@@H](COC(=O)CCCCCCCCCC(C)C)OC(=O)CCCCCCCCCCCCC(C)CC. The van der Waals surface area contributed by atoms with E-state index in [0.29, 0.717) is 31.6 Å². The molecule has 0 aromatic carbocycles. The average Bonchev–Trinajstić information content (AvgIpc) is 1.20. The summed E-state index contributed by atoms with van der Waals surface area (Å²) in [5.41, 5.74) is 0. The first kappa shape index (κ1) is 95.1. The largest absolute Gasteiger partial charge is 0.472 e. The maximum absolute atomic E-state index is 13.1. The number of carbonyl (C=O) groups excluding carboxylic acids is 4. The van der Waals surface area contributed by atoms with E-state index in [1.165, 1.54) is 205 Å². The minimum atomic E-state index is -4.96. The number of hydrogen-bond acceptors (Lipinski definition) is 15. The van der Waals surface area contributed by atoms with Crippen LogP contribution in [0, 0.1) is 17.8 Å². The van der Waals surface area contributed by atoms with Crippen LogP contribution in [0.3, 0.4) is 0 Å². The maximum Gasteiger partial charge on any atom is 0.472 e. The Kier molecular flexibility index (Phi) is 67.1. The lowest BCUT2D eigenvalue weighted by molar-refractivity contribution is -0.161. The normalized spacial score (nSPS) is 14.3. The van der Waals surface area contributed by atoms with Crippen molar-refractivity contribution in [3.63, 3.8) is 0 Å². The Hall–Kier alpha value is -1.94. The zero-order chi connectivity index (χ0) is 71.6. The first-order valence-corrected chi connectivity index (χ1v) is 43.4. The summed E-state index contributed by atoms with van der Waals surface area (Å²) in [6.45, 7) is 11.9. The summed E-state index contributed by atoms with van der Waals surface area (Å²) in [6.07, 6.45) is 55.5. The fourth-order valence-corrected chi connectivity index (χ4v) is 13.5. The Labute approximate surface area is 594 Å². The summed E-state index contributed by atoms with van der Waals surface area (Å²) >= 11 is 0. The number of aliphatic hydroxyl groups is 1. The van der Waals surface area contributed by atoms with Crippen LogP contribution in [0.4, 0.5) is 0 Å². The van der Waals surface area contributed by atoms with E-state index in [4.69, 9.17) is 37.0 Å². The molecule has 0 rings (SSSR count). The zero-order valence-electron chi connectivity index (χ0n) is 63.5.